The van der Waals surface area contributed by atoms with Gasteiger partial charge in [-0.25, -0.2) is 0 Å². The van der Waals surface area contributed by atoms with Crippen molar-refractivity contribution in [3.05, 3.63) is 0 Å². The minimum Gasteiger partial charge on any atom is -0.123 e. The Morgan fingerprint density at radius 3 is 2.36 bits per heavy atom. The molecule has 11 heavy (non-hydrogen) atoms. The monoisotopic (exact) mass is 174 g/mol. The molecule has 1 rings (SSSR count). The predicted octanol–water partition coefficient (Wildman–Crippen LogP) is 3.69. The van der Waals surface area contributed by atoms with E-state index in [1.54, 1.807) is 0 Å². The van der Waals surface area contributed by atoms with Crippen molar-refractivity contribution in [3.63, 3.8) is 0 Å². The quantitative estimate of drug-likeness (QED) is 0.532. The average molecular weight is 175 g/mol. The topological polar surface area (TPSA) is 0 Å². The molecule has 1 aliphatic rings. The SMILES string of the molecule is CC(C)[C@@H]1CC[C@@H](C)[C@H](Cl)C1. The summed E-state index contributed by atoms with van der Waals surface area (Å²) in [7, 11) is 0. The molecule has 0 amide bonds. The van der Waals surface area contributed by atoms with Crippen LogP contribution >= 0.6 is 11.6 Å². The maximum Gasteiger partial charge on any atom is 0.0364 e. The minimum absolute atomic E-state index is 0.441. The molecular weight excluding hydrogens is 156 g/mol. The van der Waals surface area contributed by atoms with Gasteiger partial charge < -0.3 is 0 Å². The van der Waals surface area contributed by atoms with E-state index in [0.717, 1.165) is 17.8 Å². The zero-order valence-electron chi connectivity index (χ0n) is 7.81. The average Bonchev–Trinajstić information content (AvgIpc) is 1.94. The van der Waals surface area contributed by atoms with E-state index in [0.29, 0.717) is 5.38 Å². The molecule has 0 saturated heterocycles. The van der Waals surface area contributed by atoms with Gasteiger partial charge in [0.1, 0.15) is 0 Å². The summed E-state index contributed by atoms with van der Waals surface area (Å²) in [5, 5.41) is 0.441. The summed E-state index contributed by atoms with van der Waals surface area (Å²) >= 11 is 6.21. The van der Waals surface area contributed by atoms with Crippen molar-refractivity contribution in [3.8, 4) is 0 Å². The van der Waals surface area contributed by atoms with Gasteiger partial charge in [0.15, 0.2) is 0 Å². The molecule has 0 bridgehead atoms. The first-order valence-electron chi connectivity index (χ1n) is 4.75. The number of hydrogen-bond donors (Lipinski definition) is 0. The number of halogens is 1. The Labute approximate surface area is 75.3 Å². The van der Waals surface area contributed by atoms with Gasteiger partial charge in [0.25, 0.3) is 0 Å². The van der Waals surface area contributed by atoms with E-state index >= 15 is 0 Å². The molecule has 1 aliphatic carbocycles. The molecule has 1 heteroatoms. The normalized spacial score (nSPS) is 39.5. The van der Waals surface area contributed by atoms with Gasteiger partial charge in [-0.1, -0.05) is 20.8 Å². The molecule has 3 atom stereocenters. The summed E-state index contributed by atoms with van der Waals surface area (Å²) < 4.78 is 0. The van der Waals surface area contributed by atoms with E-state index < -0.39 is 0 Å². The Balaban J connectivity index is 2.40. The Kier molecular flexibility index (Phi) is 3.24. The van der Waals surface area contributed by atoms with Crippen LogP contribution in [0.25, 0.3) is 0 Å². The highest BCUT2D eigenvalue weighted by atomic mass is 35.5. The third kappa shape index (κ3) is 2.37. The van der Waals surface area contributed by atoms with Crippen molar-refractivity contribution in [2.45, 2.75) is 45.4 Å². The highest BCUT2D eigenvalue weighted by Crippen LogP contribution is 2.35. The Morgan fingerprint density at radius 1 is 1.27 bits per heavy atom. The van der Waals surface area contributed by atoms with Crippen molar-refractivity contribution in [2.75, 3.05) is 0 Å². The molecule has 0 N–H and O–H groups in total. The summed E-state index contributed by atoms with van der Waals surface area (Å²) in [6.45, 7) is 6.89. The summed E-state index contributed by atoms with van der Waals surface area (Å²) in [6, 6.07) is 0. The third-order valence-corrected chi connectivity index (χ3v) is 3.69. The van der Waals surface area contributed by atoms with Gasteiger partial charge in [-0.05, 0) is 37.0 Å². The van der Waals surface area contributed by atoms with Gasteiger partial charge in [0.2, 0.25) is 0 Å². The molecule has 0 nitrogen and oxygen atoms in total. The lowest BCUT2D eigenvalue weighted by atomic mass is 9.77. The number of rotatable bonds is 1. The first-order chi connectivity index (χ1) is 5.11. The van der Waals surface area contributed by atoms with E-state index in [1.165, 1.54) is 19.3 Å². The van der Waals surface area contributed by atoms with Crippen LogP contribution < -0.4 is 0 Å². The molecule has 66 valence electrons. The van der Waals surface area contributed by atoms with Crippen LogP contribution in [0.15, 0.2) is 0 Å². The van der Waals surface area contributed by atoms with Crippen LogP contribution in [0, 0.1) is 17.8 Å². The van der Waals surface area contributed by atoms with Crippen molar-refractivity contribution in [2.24, 2.45) is 17.8 Å². The maximum absolute atomic E-state index is 6.21. The molecule has 0 spiro atoms. The lowest BCUT2D eigenvalue weighted by Crippen LogP contribution is -2.26. The largest absolute Gasteiger partial charge is 0.123 e. The minimum atomic E-state index is 0.441. The summed E-state index contributed by atoms with van der Waals surface area (Å²) in [6.07, 6.45) is 3.96. The van der Waals surface area contributed by atoms with Crippen molar-refractivity contribution < 1.29 is 0 Å². The standard InChI is InChI=1S/C10H19Cl/c1-7(2)9-5-4-8(3)10(11)6-9/h7-10H,4-6H2,1-3H3/t8-,9-,10-/m1/s1. The molecule has 0 unspecified atom stereocenters. The van der Waals surface area contributed by atoms with Crippen molar-refractivity contribution >= 4 is 11.6 Å². The lowest BCUT2D eigenvalue weighted by Gasteiger charge is -2.32. The number of hydrogen-bond acceptors (Lipinski definition) is 0. The zero-order valence-corrected chi connectivity index (χ0v) is 8.56. The summed E-state index contributed by atoms with van der Waals surface area (Å²) in [5.41, 5.74) is 0. The van der Waals surface area contributed by atoms with Crippen LogP contribution in [-0.2, 0) is 0 Å². The van der Waals surface area contributed by atoms with Crippen molar-refractivity contribution in [1.82, 2.24) is 0 Å². The summed E-state index contributed by atoms with van der Waals surface area (Å²) in [4.78, 5) is 0. The van der Waals surface area contributed by atoms with Gasteiger partial charge >= 0.3 is 0 Å². The second kappa shape index (κ2) is 3.80. The maximum atomic E-state index is 6.21. The van der Waals surface area contributed by atoms with Crippen LogP contribution in [0.1, 0.15) is 40.0 Å². The molecule has 0 radical (unpaired) electrons. The van der Waals surface area contributed by atoms with Crippen LogP contribution in [-0.4, -0.2) is 5.38 Å². The van der Waals surface area contributed by atoms with Gasteiger partial charge in [-0.2, -0.15) is 0 Å². The third-order valence-electron chi connectivity index (χ3n) is 3.08. The second-order valence-electron chi connectivity index (χ2n) is 4.31. The molecular formula is C10H19Cl. The van der Waals surface area contributed by atoms with Crippen LogP contribution in [0.5, 0.6) is 0 Å². The lowest BCUT2D eigenvalue weighted by molar-refractivity contribution is 0.239. The fourth-order valence-corrected chi connectivity index (χ4v) is 2.26. The van der Waals surface area contributed by atoms with Gasteiger partial charge in [0, 0.05) is 5.38 Å². The van der Waals surface area contributed by atoms with Gasteiger partial charge in [-0.3, -0.25) is 0 Å². The molecule has 0 heterocycles. The van der Waals surface area contributed by atoms with Gasteiger partial charge in [-0.15, -0.1) is 11.6 Å². The van der Waals surface area contributed by atoms with Crippen molar-refractivity contribution in [1.29, 1.82) is 0 Å². The molecule has 0 aromatic rings. The fourth-order valence-electron chi connectivity index (χ4n) is 1.90. The molecule has 1 fully saturated rings. The predicted molar refractivity (Wildman–Crippen MR) is 51.0 cm³/mol. The first-order valence-corrected chi connectivity index (χ1v) is 5.19. The Morgan fingerprint density at radius 2 is 1.91 bits per heavy atom. The van der Waals surface area contributed by atoms with Crippen LogP contribution in [0.3, 0.4) is 0 Å². The van der Waals surface area contributed by atoms with E-state index in [9.17, 15) is 0 Å². The first kappa shape index (κ1) is 9.38. The molecule has 0 aromatic heterocycles. The van der Waals surface area contributed by atoms with Crippen LogP contribution in [0.4, 0.5) is 0 Å². The number of alkyl halides is 1. The highest BCUT2D eigenvalue weighted by Gasteiger charge is 2.27. The highest BCUT2D eigenvalue weighted by molar-refractivity contribution is 6.20. The van der Waals surface area contributed by atoms with E-state index in [1.807, 2.05) is 0 Å². The van der Waals surface area contributed by atoms with E-state index in [2.05, 4.69) is 20.8 Å². The smallest absolute Gasteiger partial charge is 0.0364 e. The van der Waals surface area contributed by atoms with E-state index in [4.69, 9.17) is 11.6 Å². The summed E-state index contributed by atoms with van der Waals surface area (Å²) in [5.74, 6) is 2.45. The Bertz CT molecular complexity index is 120. The Hall–Kier alpha value is 0.290. The van der Waals surface area contributed by atoms with Gasteiger partial charge in [0.05, 0.1) is 0 Å². The second-order valence-corrected chi connectivity index (χ2v) is 4.87. The zero-order chi connectivity index (χ0) is 8.43. The molecule has 1 saturated carbocycles. The molecule has 0 aromatic carbocycles. The van der Waals surface area contributed by atoms with Crippen LogP contribution in [0.2, 0.25) is 0 Å². The van der Waals surface area contributed by atoms with E-state index in [-0.39, 0.29) is 0 Å². The molecule has 0 aliphatic heterocycles. The fraction of sp³-hybridized carbons (Fsp3) is 1.00.